The van der Waals surface area contributed by atoms with Gasteiger partial charge in [-0.2, -0.15) is 0 Å². The molecule has 160 valence electrons. The summed E-state index contributed by atoms with van der Waals surface area (Å²) < 4.78 is 5.09. The molecule has 8 nitrogen and oxygen atoms in total. The molecule has 2 aromatic rings. The van der Waals surface area contributed by atoms with Crippen LogP contribution in [-0.4, -0.2) is 30.7 Å². The molecule has 0 aromatic heterocycles. The van der Waals surface area contributed by atoms with Crippen LogP contribution >= 0.6 is 0 Å². The van der Waals surface area contributed by atoms with Gasteiger partial charge in [0, 0.05) is 28.7 Å². The fraction of sp³-hybridized carbons (Fsp3) is 0.318. The molecule has 0 aliphatic carbocycles. The number of carbonyl (C=O) groups is 3. The van der Waals surface area contributed by atoms with E-state index in [4.69, 9.17) is 4.74 Å². The molecular formula is C22H28N4O4. The van der Waals surface area contributed by atoms with E-state index < -0.39 is 6.09 Å². The molecule has 0 radical (unpaired) electrons. The highest BCUT2D eigenvalue weighted by atomic mass is 16.5. The van der Waals surface area contributed by atoms with Crippen LogP contribution in [0.1, 0.15) is 38.1 Å². The average Bonchev–Trinajstić information content (AvgIpc) is 2.66. The SMILES string of the molecule is CC(C)COC(=O)Nc1cccc(NC(=O)c2cccc(NC(=O)NC(C)C)c2)c1. The first kappa shape index (κ1) is 22.7. The van der Waals surface area contributed by atoms with E-state index in [9.17, 15) is 14.4 Å². The second kappa shape index (κ2) is 10.8. The van der Waals surface area contributed by atoms with Gasteiger partial charge in [0.05, 0.1) is 6.61 Å². The summed E-state index contributed by atoms with van der Waals surface area (Å²) in [5, 5.41) is 10.8. The minimum absolute atomic E-state index is 0.0000203. The van der Waals surface area contributed by atoms with E-state index in [1.807, 2.05) is 27.7 Å². The summed E-state index contributed by atoms with van der Waals surface area (Å²) in [5.74, 6) is -0.106. The zero-order valence-corrected chi connectivity index (χ0v) is 17.6. The van der Waals surface area contributed by atoms with E-state index in [0.717, 1.165) is 0 Å². The van der Waals surface area contributed by atoms with Gasteiger partial charge in [-0.1, -0.05) is 26.0 Å². The van der Waals surface area contributed by atoms with Crippen LogP contribution in [0, 0.1) is 5.92 Å². The Kier molecular flexibility index (Phi) is 8.22. The molecule has 0 atom stereocenters. The molecule has 30 heavy (non-hydrogen) atoms. The summed E-state index contributed by atoms with van der Waals surface area (Å²) in [7, 11) is 0. The molecule has 2 rings (SSSR count). The molecule has 4 N–H and O–H groups in total. The Morgan fingerprint density at radius 2 is 1.43 bits per heavy atom. The third-order valence-electron chi connectivity index (χ3n) is 3.72. The first-order valence-corrected chi connectivity index (χ1v) is 9.75. The van der Waals surface area contributed by atoms with E-state index in [0.29, 0.717) is 29.2 Å². The Morgan fingerprint density at radius 3 is 2.07 bits per heavy atom. The molecule has 8 heteroatoms. The number of amides is 4. The van der Waals surface area contributed by atoms with Crippen LogP contribution in [0.5, 0.6) is 0 Å². The minimum Gasteiger partial charge on any atom is -0.449 e. The van der Waals surface area contributed by atoms with Crippen molar-refractivity contribution in [3.63, 3.8) is 0 Å². The van der Waals surface area contributed by atoms with Gasteiger partial charge >= 0.3 is 12.1 Å². The highest BCUT2D eigenvalue weighted by Gasteiger charge is 2.10. The van der Waals surface area contributed by atoms with Crippen molar-refractivity contribution in [3.05, 3.63) is 54.1 Å². The van der Waals surface area contributed by atoms with E-state index in [-0.39, 0.29) is 23.9 Å². The first-order valence-electron chi connectivity index (χ1n) is 9.75. The summed E-state index contributed by atoms with van der Waals surface area (Å²) >= 11 is 0. The van der Waals surface area contributed by atoms with E-state index in [2.05, 4.69) is 21.3 Å². The highest BCUT2D eigenvalue weighted by molar-refractivity contribution is 6.05. The number of hydrogen-bond acceptors (Lipinski definition) is 4. The Morgan fingerprint density at radius 1 is 0.833 bits per heavy atom. The monoisotopic (exact) mass is 412 g/mol. The molecule has 0 saturated heterocycles. The molecular weight excluding hydrogens is 384 g/mol. The van der Waals surface area contributed by atoms with Gasteiger partial charge in [0.15, 0.2) is 0 Å². The van der Waals surface area contributed by atoms with Crippen LogP contribution in [0.4, 0.5) is 26.7 Å². The van der Waals surface area contributed by atoms with Crippen LogP contribution < -0.4 is 21.3 Å². The van der Waals surface area contributed by atoms with Gasteiger partial charge in [0.1, 0.15) is 0 Å². The Bertz CT molecular complexity index is 896. The number of anilines is 3. The lowest BCUT2D eigenvalue weighted by Crippen LogP contribution is -2.34. The van der Waals surface area contributed by atoms with Gasteiger partial charge in [-0.15, -0.1) is 0 Å². The van der Waals surface area contributed by atoms with Crippen molar-refractivity contribution in [2.24, 2.45) is 5.92 Å². The number of rotatable bonds is 7. The van der Waals surface area contributed by atoms with Crippen molar-refractivity contribution < 1.29 is 19.1 Å². The van der Waals surface area contributed by atoms with Crippen molar-refractivity contribution in [1.29, 1.82) is 0 Å². The van der Waals surface area contributed by atoms with Crippen LogP contribution in [0.2, 0.25) is 0 Å². The third kappa shape index (κ3) is 7.83. The molecule has 0 aliphatic heterocycles. The van der Waals surface area contributed by atoms with Crippen LogP contribution in [-0.2, 0) is 4.74 Å². The number of hydrogen-bond donors (Lipinski definition) is 4. The zero-order valence-electron chi connectivity index (χ0n) is 17.6. The molecule has 4 amide bonds. The molecule has 0 spiro atoms. The van der Waals surface area contributed by atoms with Gasteiger partial charge < -0.3 is 20.7 Å². The maximum atomic E-state index is 12.6. The lowest BCUT2D eigenvalue weighted by atomic mass is 10.1. The Balaban J connectivity index is 2.00. The van der Waals surface area contributed by atoms with Gasteiger partial charge in [0.2, 0.25) is 0 Å². The average molecular weight is 412 g/mol. The first-order chi connectivity index (χ1) is 14.2. The topological polar surface area (TPSA) is 109 Å². The van der Waals surface area contributed by atoms with Crippen molar-refractivity contribution >= 4 is 35.1 Å². The Labute approximate surface area is 176 Å². The molecule has 0 aliphatic rings. The van der Waals surface area contributed by atoms with Crippen molar-refractivity contribution in [3.8, 4) is 0 Å². The van der Waals surface area contributed by atoms with Crippen molar-refractivity contribution in [2.45, 2.75) is 33.7 Å². The van der Waals surface area contributed by atoms with Crippen LogP contribution in [0.25, 0.3) is 0 Å². The van der Waals surface area contributed by atoms with Crippen molar-refractivity contribution in [2.75, 3.05) is 22.6 Å². The smallest absolute Gasteiger partial charge is 0.411 e. The zero-order chi connectivity index (χ0) is 22.1. The van der Waals surface area contributed by atoms with Gasteiger partial charge in [-0.25, -0.2) is 9.59 Å². The second-order valence-electron chi connectivity index (χ2n) is 7.49. The third-order valence-corrected chi connectivity index (χ3v) is 3.72. The lowest BCUT2D eigenvalue weighted by Gasteiger charge is -2.12. The molecule has 0 heterocycles. The quantitative estimate of drug-likeness (QED) is 0.530. The number of urea groups is 1. The van der Waals surface area contributed by atoms with Crippen LogP contribution in [0.15, 0.2) is 48.5 Å². The molecule has 0 unspecified atom stereocenters. The normalized spacial score (nSPS) is 10.5. The number of nitrogens with one attached hydrogen (secondary N) is 4. The molecule has 0 saturated carbocycles. The largest absolute Gasteiger partial charge is 0.449 e. The fourth-order valence-corrected chi connectivity index (χ4v) is 2.44. The van der Waals surface area contributed by atoms with E-state index in [1.165, 1.54) is 0 Å². The molecule has 2 aromatic carbocycles. The maximum absolute atomic E-state index is 12.6. The predicted octanol–water partition coefficient (Wildman–Crippen LogP) is 4.67. The number of carbonyl (C=O) groups excluding carboxylic acids is 3. The van der Waals surface area contributed by atoms with Gasteiger partial charge in [0.25, 0.3) is 5.91 Å². The van der Waals surface area contributed by atoms with Crippen molar-refractivity contribution in [1.82, 2.24) is 5.32 Å². The standard InChI is InChI=1S/C22H28N4O4/c1-14(2)13-30-22(29)26-19-10-6-9-18(12-19)24-20(27)16-7-5-8-17(11-16)25-21(28)23-15(3)4/h5-12,14-15H,13H2,1-4H3,(H,24,27)(H,26,29)(H2,23,25,28). The predicted molar refractivity (Wildman–Crippen MR) is 118 cm³/mol. The summed E-state index contributed by atoms with van der Waals surface area (Å²) in [5.41, 5.74) is 1.90. The summed E-state index contributed by atoms with van der Waals surface area (Å²) in [6.07, 6.45) is -0.550. The minimum atomic E-state index is -0.550. The Hall–Kier alpha value is -3.55. The fourth-order valence-electron chi connectivity index (χ4n) is 2.44. The summed E-state index contributed by atoms with van der Waals surface area (Å²) in [4.78, 5) is 36.2. The second-order valence-corrected chi connectivity index (χ2v) is 7.49. The molecule has 0 fully saturated rings. The lowest BCUT2D eigenvalue weighted by molar-refractivity contribution is 0.102. The maximum Gasteiger partial charge on any atom is 0.411 e. The van der Waals surface area contributed by atoms with Gasteiger partial charge in [-0.05, 0) is 56.2 Å². The molecule has 0 bridgehead atoms. The highest BCUT2D eigenvalue weighted by Crippen LogP contribution is 2.18. The summed E-state index contributed by atoms with van der Waals surface area (Å²) in [6.45, 7) is 7.93. The van der Waals surface area contributed by atoms with E-state index >= 15 is 0 Å². The van der Waals surface area contributed by atoms with Gasteiger partial charge in [-0.3, -0.25) is 10.1 Å². The summed E-state index contributed by atoms with van der Waals surface area (Å²) in [6, 6.07) is 13.0. The van der Waals surface area contributed by atoms with E-state index in [1.54, 1.807) is 48.5 Å². The van der Waals surface area contributed by atoms with Crippen LogP contribution in [0.3, 0.4) is 0 Å². The number of benzene rings is 2. The number of ether oxygens (including phenoxy) is 1.